The van der Waals surface area contributed by atoms with Gasteiger partial charge in [-0.05, 0) is 20.8 Å². The highest BCUT2D eigenvalue weighted by Crippen LogP contribution is 1.92. The van der Waals surface area contributed by atoms with Crippen molar-refractivity contribution in [1.29, 1.82) is 0 Å². The minimum Gasteiger partial charge on any atom is -0.354 e. The maximum Gasteiger partial charge on any atom is 0.221 e. The summed E-state index contributed by atoms with van der Waals surface area (Å²) >= 11 is 0. The summed E-state index contributed by atoms with van der Waals surface area (Å²) in [4.78, 5) is 11.5. The van der Waals surface area contributed by atoms with Gasteiger partial charge in [0, 0.05) is 38.0 Å². The molecule has 0 saturated heterocycles. The fourth-order valence-corrected chi connectivity index (χ4v) is 1.31. The van der Waals surface area contributed by atoms with Crippen molar-refractivity contribution in [2.75, 3.05) is 13.1 Å². The molecule has 1 amide bonds. The van der Waals surface area contributed by atoms with Gasteiger partial charge in [-0.25, -0.2) is 0 Å². The van der Waals surface area contributed by atoms with E-state index in [1.807, 2.05) is 20.8 Å². The van der Waals surface area contributed by atoms with Crippen molar-refractivity contribution in [2.45, 2.75) is 45.7 Å². The molecule has 0 aromatic rings. The predicted molar refractivity (Wildman–Crippen MR) is 66.8 cm³/mol. The molecule has 0 aliphatic heterocycles. The van der Waals surface area contributed by atoms with Crippen molar-refractivity contribution in [3.63, 3.8) is 0 Å². The third kappa shape index (κ3) is 8.27. The van der Waals surface area contributed by atoms with E-state index in [-0.39, 0.29) is 18.0 Å². The molecular formula is C12H23N3O. The van der Waals surface area contributed by atoms with Gasteiger partial charge in [-0.15, -0.1) is 11.8 Å². The number of carbonyl (C=O) groups excluding carboxylic acids is 1. The second kappa shape index (κ2) is 9.20. The first-order valence-corrected chi connectivity index (χ1v) is 5.72. The van der Waals surface area contributed by atoms with E-state index in [1.54, 1.807) is 0 Å². The molecule has 1 unspecified atom stereocenters. The highest BCUT2D eigenvalue weighted by atomic mass is 16.1. The summed E-state index contributed by atoms with van der Waals surface area (Å²) in [5.74, 6) is 5.83. The van der Waals surface area contributed by atoms with Gasteiger partial charge < -0.3 is 16.4 Å². The van der Waals surface area contributed by atoms with Gasteiger partial charge in [0.15, 0.2) is 0 Å². The van der Waals surface area contributed by atoms with E-state index in [4.69, 9.17) is 5.73 Å². The largest absolute Gasteiger partial charge is 0.354 e. The number of amides is 1. The van der Waals surface area contributed by atoms with Gasteiger partial charge in [-0.1, -0.05) is 0 Å². The number of nitrogens with one attached hydrogen (secondary N) is 2. The van der Waals surface area contributed by atoms with E-state index in [1.165, 1.54) is 0 Å². The fourth-order valence-electron chi connectivity index (χ4n) is 1.31. The highest BCUT2D eigenvalue weighted by Gasteiger charge is 2.11. The summed E-state index contributed by atoms with van der Waals surface area (Å²) in [6.45, 7) is 6.94. The molecule has 1 atom stereocenters. The lowest BCUT2D eigenvalue weighted by molar-refractivity contribution is -0.122. The minimum absolute atomic E-state index is 0.0393. The second-order valence-corrected chi connectivity index (χ2v) is 3.99. The van der Waals surface area contributed by atoms with E-state index in [0.29, 0.717) is 13.0 Å². The average molecular weight is 225 g/mol. The van der Waals surface area contributed by atoms with E-state index < -0.39 is 0 Å². The molecule has 4 heteroatoms. The molecule has 0 saturated carbocycles. The zero-order valence-electron chi connectivity index (χ0n) is 10.5. The van der Waals surface area contributed by atoms with Crippen LogP contribution in [0.15, 0.2) is 0 Å². The summed E-state index contributed by atoms with van der Waals surface area (Å²) in [5, 5.41) is 6.07. The van der Waals surface area contributed by atoms with Crippen molar-refractivity contribution in [1.82, 2.24) is 10.6 Å². The van der Waals surface area contributed by atoms with Crippen LogP contribution in [-0.4, -0.2) is 31.1 Å². The van der Waals surface area contributed by atoms with E-state index in [2.05, 4.69) is 22.5 Å². The predicted octanol–water partition coefficient (Wildman–Crippen LogP) is 0.231. The first kappa shape index (κ1) is 14.9. The normalized spacial score (nSPS) is 11.8. The molecule has 0 aromatic carbocycles. The Labute approximate surface area is 98.4 Å². The molecule has 0 heterocycles. The second-order valence-electron chi connectivity index (χ2n) is 3.99. The van der Waals surface area contributed by atoms with Crippen LogP contribution in [-0.2, 0) is 4.79 Å². The molecule has 0 fully saturated rings. The fraction of sp³-hybridized carbons (Fsp3) is 0.750. The van der Waals surface area contributed by atoms with Crippen LogP contribution in [0.4, 0.5) is 0 Å². The van der Waals surface area contributed by atoms with Crippen LogP contribution < -0.4 is 16.4 Å². The molecule has 0 bridgehead atoms. The Balaban J connectivity index is 3.80. The van der Waals surface area contributed by atoms with Crippen molar-refractivity contribution < 1.29 is 4.79 Å². The standard InChI is InChI=1S/C12H23N3O/c1-4-5-6-7-14-11(9-13)8-12(16)15-10(2)3/h10-11,14H,6-9,13H2,1-3H3,(H,15,16). The van der Waals surface area contributed by atoms with Crippen molar-refractivity contribution in [3.05, 3.63) is 0 Å². The quantitative estimate of drug-likeness (QED) is 0.429. The summed E-state index contributed by atoms with van der Waals surface area (Å²) in [6, 6.07) is 0.217. The van der Waals surface area contributed by atoms with Gasteiger partial charge in [0.2, 0.25) is 5.91 Å². The molecule has 0 aliphatic rings. The van der Waals surface area contributed by atoms with Gasteiger partial charge in [0.05, 0.1) is 0 Å². The first-order valence-electron chi connectivity index (χ1n) is 5.72. The molecular weight excluding hydrogens is 202 g/mol. The van der Waals surface area contributed by atoms with Crippen LogP contribution in [0.5, 0.6) is 0 Å². The van der Waals surface area contributed by atoms with E-state index in [0.717, 1.165) is 13.0 Å². The number of carbonyl (C=O) groups is 1. The van der Waals surface area contributed by atoms with Gasteiger partial charge in [-0.3, -0.25) is 4.79 Å². The minimum atomic E-state index is 0.0393. The molecule has 0 spiro atoms. The summed E-state index contributed by atoms with van der Waals surface area (Å²) in [6.07, 6.45) is 1.22. The molecule has 4 N–H and O–H groups in total. The van der Waals surface area contributed by atoms with E-state index >= 15 is 0 Å². The summed E-state index contributed by atoms with van der Waals surface area (Å²) < 4.78 is 0. The molecule has 0 aromatic heterocycles. The van der Waals surface area contributed by atoms with Gasteiger partial charge in [0.25, 0.3) is 0 Å². The Morgan fingerprint density at radius 3 is 2.62 bits per heavy atom. The molecule has 0 radical (unpaired) electrons. The zero-order valence-corrected chi connectivity index (χ0v) is 10.5. The summed E-state index contributed by atoms with van der Waals surface area (Å²) in [7, 11) is 0. The molecule has 92 valence electrons. The monoisotopic (exact) mass is 225 g/mol. The maximum absolute atomic E-state index is 11.5. The smallest absolute Gasteiger partial charge is 0.221 e. The lowest BCUT2D eigenvalue weighted by Crippen LogP contribution is -2.42. The maximum atomic E-state index is 11.5. The summed E-state index contributed by atoms with van der Waals surface area (Å²) in [5.41, 5.74) is 5.59. The lowest BCUT2D eigenvalue weighted by atomic mass is 10.2. The van der Waals surface area contributed by atoms with Crippen LogP contribution in [0.1, 0.15) is 33.6 Å². The average Bonchev–Trinajstić information content (AvgIpc) is 2.21. The first-order chi connectivity index (χ1) is 7.60. The third-order valence-electron chi connectivity index (χ3n) is 2.03. The number of nitrogens with two attached hydrogens (primary N) is 1. The van der Waals surface area contributed by atoms with Gasteiger partial charge >= 0.3 is 0 Å². The highest BCUT2D eigenvalue weighted by molar-refractivity contribution is 5.76. The van der Waals surface area contributed by atoms with Crippen molar-refractivity contribution >= 4 is 5.91 Å². The molecule has 16 heavy (non-hydrogen) atoms. The Bertz CT molecular complexity index is 253. The third-order valence-corrected chi connectivity index (χ3v) is 2.03. The van der Waals surface area contributed by atoms with Crippen LogP contribution >= 0.6 is 0 Å². The van der Waals surface area contributed by atoms with Crippen LogP contribution in [0.3, 0.4) is 0 Å². The van der Waals surface area contributed by atoms with Gasteiger partial charge in [-0.2, -0.15) is 0 Å². The van der Waals surface area contributed by atoms with Gasteiger partial charge in [0.1, 0.15) is 0 Å². The Hall–Kier alpha value is -1.05. The van der Waals surface area contributed by atoms with Crippen LogP contribution in [0, 0.1) is 11.8 Å². The SMILES string of the molecule is CC#CCCNC(CN)CC(=O)NC(C)C. The number of hydrogen-bond acceptors (Lipinski definition) is 3. The topological polar surface area (TPSA) is 67.1 Å². The Morgan fingerprint density at radius 1 is 1.44 bits per heavy atom. The van der Waals surface area contributed by atoms with Crippen molar-refractivity contribution in [3.8, 4) is 11.8 Å². The molecule has 4 nitrogen and oxygen atoms in total. The number of hydrogen-bond donors (Lipinski definition) is 3. The molecule has 0 aliphatic carbocycles. The zero-order chi connectivity index (χ0) is 12.4. The van der Waals surface area contributed by atoms with E-state index in [9.17, 15) is 4.79 Å². The van der Waals surface area contributed by atoms with Crippen LogP contribution in [0.25, 0.3) is 0 Å². The Morgan fingerprint density at radius 2 is 2.12 bits per heavy atom. The van der Waals surface area contributed by atoms with Crippen LogP contribution in [0.2, 0.25) is 0 Å². The Kier molecular flexibility index (Phi) is 8.59. The van der Waals surface area contributed by atoms with Crippen molar-refractivity contribution in [2.24, 2.45) is 5.73 Å². The molecule has 0 rings (SSSR count). The lowest BCUT2D eigenvalue weighted by Gasteiger charge is -2.16. The number of rotatable bonds is 7.